The summed E-state index contributed by atoms with van der Waals surface area (Å²) in [5, 5.41) is 0. The summed E-state index contributed by atoms with van der Waals surface area (Å²) in [7, 11) is 0. The van der Waals surface area contributed by atoms with Gasteiger partial charge in [-0.2, -0.15) is 0 Å². The molecule has 2 aliphatic carbocycles. The van der Waals surface area contributed by atoms with Crippen molar-refractivity contribution in [3.05, 3.63) is 29.6 Å². The minimum atomic E-state index is 0.728. The number of rotatable bonds is 10. The first-order valence-electron chi connectivity index (χ1n) is 12.7. The third-order valence-corrected chi connectivity index (χ3v) is 7.86. The lowest BCUT2D eigenvalue weighted by Gasteiger charge is -2.37. The average molecular weight is 384 g/mol. The lowest BCUT2D eigenvalue weighted by atomic mass is 9.68. The van der Waals surface area contributed by atoms with Gasteiger partial charge in [0.2, 0.25) is 0 Å². The van der Waals surface area contributed by atoms with Gasteiger partial charge in [-0.25, -0.2) is 0 Å². The normalized spacial score (nSPS) is 28.4. The summed E-state index contributed by atoms with van der Waals surface area (Å²) in [5.41, 5.74) is 2.82. The molecular formula is C27H45N. The first-order chi connectivity index (χ1) is 13.8. The maximum absolute atomic E-state index is 4.89. The molecule has 2 aliphatic rings. The SMILES string of the molecule is CCCCCCCc1ccc([C@H]2CC[C@H]([C@H]3CC[C@H](CCC)CC3)CC2)nc1. The third-order valence-electron chi connectivity index (χ3n) is 7.86. The van der Waals surface area contributed by atoms with E-state index in [-0.39, 0.29) is 0 Å². The highest BCUT2D eigenvalue weighted by atomic mass is 14.7. The van der Waals surface area contributed by atoms with Crippen molar-refractivity contribution in [2.24, 2.45) is 17.8 Å². The zero-order valence-corrected chi connectivity index (χ0v) is 18.8. The molecule has 28 heavy (non-hydrogen) atoms. The summed E-state index contributed by atoms with van der Waals surface area (Å²) in [6, 6.07) is 4.71. The molecule has 158 valence electrons. The smallest absolute Gasteiger partial charge is 0.0434 e. The van der Waals surface area contributed by atoms with Crippen LogP contribution in [0.2, 0.25) is 0 Å². The molecule has 0 saturated heterocycles. The number of aromatic nitrogens is 1. The Labute approximate surface area is 175 Å². The molecule has 2 saturated carbocycles. The van der Waals surface area contributed by atoms with E-state index in [4.69, 9.17) is 4.98 Å². The Morgan fingerprint density at radius 3 is 2.04 bits per heavy atom. The second kappa shape index (κ2) is 12.0. The fraction of sp³-hybridized carbons (Fsp3) is 0.815. The van der Waals surface area contributed by atoms with E-state index in [1.807, 2.05) is 0 Å². The Hall–Kier alpha value is -0.850. The summed E-state index contributed by atoms with van der Waals surface area (Å²) in [6.45, 7) is 4.63. The van der Waals surface area contributed by atoms with Crippen LogP contribution in [-0.2, 0) is 6.42 Å². The lowest BCUT2D eigenvalue weighted by Crippen LogP contribution is -2.25. The van der Waals surface area contributed by atoms with E-state index >= 15 is 0 Å². The van der Waals surface area contributed by atoms with E-state index in [2.05, 4.69) is 32.2 Å². The van der Waals surface area contributed by atoms with Crippen LogP contribution < -0.4 is 0 Å². The molecule has 1 heteroatoms. The van der Waals surface area contributed by atoms with E-state index in [9.17, 15) is 0 Å². The van der Waals surface area contributed by atoms with Crippen molar-refractivity contribution >= 4 is 0 Å². The molecule has 0 aliphatic heterocycles. The molecule has 0 unspecified atom stereocenters. The quantitative estimate of drug-likeness (QED) is 0.369. The van der Waals surface area contributed by atoms with Crippen molar-refractivity contribution in [1.29, 1.82) is 0 Å². The number of hydrogen-bond donors (Lipinski definition) is 0. The minimum Gasteiger partial charge on any atom is -0.261 e. The van der Waals surface area contributed by atoms with E-state index in [0.717, 1.165) is 23.7 Å². The minimum absolute atomic E-state index is 0.728. The van der Waals surface area contributed by atoms with Crippen molar-refractivity contribution in [2.75, 3.05) is 0 Å². The molecular weight excluding hydrogens is 338 g/mol. The molecule has 1 nitrogen and oxygen atoms in total. The zero-order valence-electron chi connectivity index (χ0n) is 18.8. The summed E-state index contributed by atoms with van der Waals surface area (Å²) >= 11 is 0. The zero-order chi connectivity index (χ0) is 19.6. The van der Waals surface area contributed by atoms with Gasteiger partial charge in [-0.15, -0.1) is 0 Å². The molecule has 3 rings (SSSR count). The summed E-state index contributed by atoms with van der Waals surface area (Å²) in [4.78, 5) is 4.89. The number of hydrogen-bond acceptors (Lipinski definition) is 1. The van der Waals surface area contributed by atoms with Crippen molar-refractivity contribution in [3.8, 4) is 0 Å². The summed E-state index contributed by atoms with van der Waals surface area (Å²) in [6.07, 6.45) is 24.8. The van der Waals surface area contributed by atoms with Gasteiger partial charge < -0.3 is 0 Å². The number of unbranched alkanes of at least 4 members (excludes halogenated alkanes) is 4. The van der Waals surface area contributed by atoms with Crippen molar-refractivity contribution in [3.63, 3.8) is 0 Å². The Kier molecular flexibility index (Phi) is 9.35. The van der Waals surface area contributed by atoms with Gasteiger partial charge in [0.25, 0.3) is 0 Å². The number of pyridine rings is 1. The highest BCUT2D eigenvalue weighted by Gasteiger charge is 2.31. The molecule has 2 fully saturated rings. The Balaban J connectivity index is 1.37. The fourth-order valence-corrected chi connectivity index (χ4v) is 6.00. The van der Waals surface area contributed by atoms with Crippen LogP contribution in [0.4, 0.5) is 0 Å². The second-order valence-corrected chi connectivity index (χ2v) is 9.94. The van der Waals surface area contributed by atoms with Crippen molar-refractivity contribution in [2.45, 2.75) is 122 Å². The van der Waals surface area contributed by atoms with Gasteiger partial charge in [0.05, 0.1) is 0 Å². The first kappa shape index (κ1) is 21.8. The highest BCUT2D eigenvalue weighted by molar-refractivity contribution is 5.17. The van der Waals surface area contributed by atoms with Crippen LogP contribution in [0.25, 0.3) is 0 Å². The van der Waals surface area contributed by atoms with Crippen LogP contribution in [0, 0.1) is 17.8 Å². The van der Waals surface area contributed by atoms with Gasteiger partial charge in [0.15, 0.2) is 0 Å². The lowest BCUT2D eigenvalue weighted by molar-refractivity contribution is 0.156. The van der Waals surface area contributed by atoms with E-state index in [1.165, 1.54) is 114 Å². The maximum Gasteiger partial charge on any atom is 0.0434 e. The largest absolute Gasteiger partial charge is 0.261 e. The molecule has 0 aromatic carbocycles. The van der Waals surface area contributed by atoms with Gasteiger partial charge in [-0.1, -0.05) is 71.3 Å². The Morgan fingerprint density at radius 1 is 0.750 bits per heavy atom. The van der Waals surface area contributed by atoms with Gasteiger partial charge in [-0.05, 0) is 80.8 Å². The predicted molar refractivity (Wildman–Crippen MR) is 122 cm³/mol. The van der Waals surface area contributed by atoms with Crippen molar-refractivity contribution in [1.82, 2.24) is 4.98 Å². The van der Waals surface area contributed by atoms with Crippen LogP contribution >= 0.6 is 0 Å². The Bertz CT molecular complexity index is 518. The van der Waals surface area contributed by atoms with Gasteiger partial charge in [0.1, 0.15) is 0 Å². The van der Waals surface area contributed by atoms with Crippen LogP contribution in [0.15, 0.2) is 18.3 Å². The van der Waals surface area contributed by atoms with Crippen LogP contribution in [0.1, 0.15) is 127 Å². The molecule has 1 aromatic rings. The van der Waals surface area contributed by atoms with Crippen molar-refractivity contribution < 1.29 is 0 Å². The molecule has 1 aromatic heterocycles. The topological polar surface area (TPSA) is 12.9 Å². The van der Waals surface area contributed by atoms with Crippen LogP contribution in [-0.4, -0.2) is 4.98 Å². The molecule has 0 atom stereocenters. The molecule has 0 spiro atoms. The van der Waals surface area contributed by atoms with Gasteiger partial charge in [-0.3, -0.25) is 4.98 Å². The molecule has 0 amide bonds. The average Bonchev–Trinajstić information content (AvgIpc) is 2.75. The summed E-state index contributed by atoms with van der Waals surface area (Å²) in [5.74, 6) is 3.83. The molecule has 0 bridgehead atoms. The standard InChI is InChI=1S/C27H45N/c1-3-5-6-7-8-10-23-13-20-27(28-21-23)26-18-16-25(17-19-26)24-14-11-22(9-4-2)12-15-24/h13,20-22,24-26H,3-12,14-19H2,1-2H3/t22-,24-,25-,26-. The molecule has 0 N–H and O–H groups in total. The monoisotopic (exact) mass is 383 g/mol. The third kappa shape index (κ3) is 6.60. The fourth-order valence-electron chi connectivity index (χ4n) is 6.00. The first-order valence-corrected chi connectivity index (χ1v) is 12.7. The van der Waals surface area contributed by atoms with Gasteiger partial charge in [0, 0.05) is 17.8 Å². The number of nitrogens with zero attached hydrogens (tertiary/aromatic N) is 1. The van der Waals surface area contributed by atoms with Crippen LogP contribution in [0.3, 0.4) is 0 Å². The maximum atomic E-state index is 4.89. The Morgan fingerprint density at radius 2 is 1.43 bits per heavy atom. The van der Waals surface area contributed by atoms with Crippen LogP contribution in [0.5, 0.6) is 0 Å². The van der Waals surface area contributed by atoms with E-state index in [0.29, 0.717) is 0 Å². The number of aryl methyl sites for hydroxylation is 1. The highest BCUT2D eigenvalue weighted by Crippen LogP contribution is 2.44. The second-order valence-electron chi connectivity index (χ2n) is 9.94. The molecule has 0 radical (unpaired) electrons. The summed E-state index contributed by atoms with van der Waals surface area (Å²) < 4.78 is 0. The van der Waals surface area contributed by atoms with E-state index in [1.54, 1.807) is 0 Å². The molecule has 1 heterocycles. The van der Waals surface area contributed by atoms with Gasteiger partial charge >= 0.3 is 0 Å². The van der Waals surface area contributed by atoms with E-state index < -0.39 is 0 Å². The predicted octanol–water partition coefficient (Wildman–Crippen LogP) is 8.47.